The second-order valence-electron chi connectivity index (χ2n) is 8.93. The zero-order valence-electron chi connectivity index (χ0n) is 18.8. The van der Waals surface area contributed by atoms with E-state index in [0.717, 1.165) is 9.88 Å². The Hall–Kier alpha value is -2.46. The minimum Gasteiger partial charge on any atom is -0.497 e. The van der Waals surface area contributed by atoms with Gasteiger partial charge in [0.15, 0.2) is 6.10 Å². The molecule has 3 aliphatic heterocycles. The van der Waals surface area contributed by atoms with Crippen LogP contribution < -0.4 is 9.64 Å². The third-order valence-corrected chi connectivity index (χ3v) is 8.85. The van der Waals surface area contributed by atoms with Gasteiger partial charge in [0.2, 0.25) is 5.91 Å². The summed E-state index contributed by atoms with van der Waals surface area (Å²) in [6.07, 6.45) is -0.888. The number of imide groups is 1. The van der Waals surface area contributed by atoms with Crippen LogP contribution in [0, 0.1) is 5.92 Å². The fraction of sp³-hybridized carbons (Fsp3) is 0.375. The molecule has 2 amide bonds. The molecule has 0 aromatic heterocycles. The van der Waals surface area contributed by atoms with Crippen molar-refractivity contribution in [2.75, 3.05) is 19.1 Å². The Morgan fingerprint density at radius 3 is 2.27 bits per heavy atom. The number of carbonyl (C=O) groups is 2. The number of hydrogen-bond acceptors (Lipinski definition) is 7. The number of amides is 2. The minimum absolute atomic E-state index is 0.180. The van der Waals surface area contributed by atoms with Gasteiger partial charge in [-0.2, -0.15) is 5.06 Å². The Balaban J connectivity index is 1.54. The van der Waals surface area contributed by atoms with E-state index in [9.17, 15) is 9.59 Å². The fourth-order valence-corrected chi connectivity index (χ4v) is 6.53. The molecule has 4 unspecified atom stereocenters. The number of thioether (sulfide) groups is 1. The smallest absolute Gasteiger partial charge is 0.265 e. The van der Waals surface area contributed by atoms with Gasteiger partial charge in [0, 0.05) is 7.05 Å². The maximum Gasteiger partial charge on any atom is 0.265 e. The van der Waals surface area contributed by atoms with Crippen LogP contribution >= 0.6 is 24.0 Å². The van der Waals surface area contributed by atoms with E-state index in [1.54, 1.807) is 31.4 Å². The number of likely N-dealkylation sites (N-methyl/N-ethyl adjacent to an activating group) is 1. The van der Waals surface area contributed by atoms with Crippen LogP contribution in [0.2, 0.25) is 0 Å². The van der Waals surface area contributed by atoms with Crippen molar-refractivity contribution in [1.82, 2.24) is 9.96 Å². The first-order valence-corrected chi connectivity index (χ1v) is 12.0. The van der Waals surface area contributed by atoms with Crippen LogP contribution in [0.5, 0.6) is 5.75 Å². The summed E-state index contributed by atoms with van der Waals surface area (Å²) in [5, 5.41) is 1.66. The number of thiocarbonyl (C=S) groups is 1. The molecular weight excluding hydrogens is 458 g/mol. The summed E-state index contributed by atoms with van der Waals surface area (Å²) in [5.74, 6) is -0.611. The lowest BCUT2D eigenvalue weighted by Crippen LogP contribution is -2.51. The Bertz CT molecular complexity index is 1110. The summed E-state index contributed by atoms with van der Waals surface area (Å²) in [6.45, 7) is 4.19. The van der Waals surface area contributed by atoms with Gasteiger partial charge in [0.05, 0.1) is 30.3 Å². The highest BCUT2D eigenvalue weighted by molar-refractivity contribution is 8.23. The summed E-state index contributed by atoms with van der Waals surface area (Å²) in [6, 6.07) is 16.3. The third-order valence-electron chi connectivity index (χ3n) is 6.80. The zero-order chi connectivity index (χ0) is 23.5. The van der Waals surface area contributed by atoms with E-state index in [1.165, 1.54) is 16.7 Å². The predicted octanol–water partition coefficient (Wildman–Crippen LogP) is 3.61. The lowest BCUT2D eigenvalue weighted by atomic mass is 9.90. The summed E-state index contributed by atoms with van der Waals surface area (Å²) in [5.41, 5.74) is 1.09. The van der Waals surface area contributed by atoms with Gasteiger partial charge >= 0.3 is 0 Å². The molecule has 5 rings (SSSR count). The van der Waals surface area contributed by atoms with Gasteiger partial charge in [-0.3, -0.25) is 14.4 Å². The van der Waals surface area contributed by atoms with E-state index in [2.05, 4.69) is 13.8 Å². The summed E-state index contributed by atoms with van der Waals surface area (Å²) < 4.78 is 5.97. The summed E-state index contributed by atoms with van der Waals surface area (Å²) >= 11 is 7.09. The van der Waals surface area contributed by atoms with Crippen molar-refractivity contribution in [2.24, 2.45) is 5.92 Å². The number of fused-ring (bicyclic) bond motifs is 1. The summed E-state index contributed by atoms with van der Waals surface area (Å²) in [4.78, 5) is 36.8. The number of nitrogens with zero attached hydrogens (tertiary/aromatic N) is 3. The molecule has 0 radical (unpaired) electrons. The number of ether oxygens (including phenoxy) is 1. The van der Waals surface area contributed by atoms with Gasteiger partial charge in [-0.25, -0.2) is 4.90 Å². The SMILES string of the molecule is COc1ccc(N2C(=O)C3ON(C4SC(=S)N(C)C4(C)C)C(c4ccccc4)C3C2=O)cc1. The highest BCUT2D eigenvalue weighted by Crippen LogP contribution is 2.52. The number of hydrogen-bond donors (Lipinski definition) is 0. The monoisotopic (exact) mass is 483 g/mol. The van der Waals surface area contributed by atoms with E-state index >= 15 is 0 Å². The molecule has 0 spiro atoms. The van der Waals surface area contributed by atoms with Crippen LogP contribution in [0.15, 0.2) is 54.6 Å². The van der Waals surface area contributed by atoms with Crippen molar-refractivity contribution in [2.45, 2.75) is 36.9 Å². The number of carbonyl (C=O) groups excluding carboxylic acids is 2. The van der Waals surface area contributed by atoms with Crippen LogP contribution in [-0.4, -0.2) is 57.3 Å². The van der Waals surface area contributed by atoms with Gasteiger partial charge in [0.25, 0.3) is 5.91 Å². The normalized spacial score (nSPS) is 29.2. The first-order chi connectivity index (χ1) is 15.8. The van der Waals surface area contributed by atoms with Gasteiger partial charge in [-0.1, -0.05) is 54.3 Å². The van der Waals surface area contributed by atoms with Gasteiger partial charge in [0.1, 0.15) is 15.4 Å². The second-order valence-corrected chi connectivity index (χ2v) is 10.6. The molecule has 172 valence electrons. The predicted molar refractivity (Wildman–Crippen MR) is 131 cm³/mol. The van der Waals surface area contributed by atoms with Crippen molar-refractivity contribution in [3.05, 3.63) is 60.2 Å². The fourth-order valence-electron chi connectivity index (χ4n) is 4.71. The summed E-state index contributed by atoms with van der Waals surface area (Å²) in [7, 11) is 3.54. The van der Waals surface area contributed by atoms with Gasteiger partial charge in [-0.05, 0) is 43.7 Å². The molecule has 0 aliphatic carbocycles. The first-order valence-electron chi connectivity index (χ1n) is 10.7. The van der Waals surface area contributed by atoms with Crippen LogP contribution in [0.1, 0.15) is 25.5 Å². The number of anilines is 1. The molecule has 33 heavy (non-hydrogen) atoms. The molecule has 4 atom stereocenters. The zero-order valence-corrected chi connectivity index (χ0v) is 20.4. The molecule has 3 heterocycles. The lowest BCUT2D eigenvalue weighted by Gasteiger charge is -2.39. The number of benzene rings is 2. The van der Waals surface area contributed by atoms with E-state index in [1.807, 2.05) is 47.3 Å². The van der Waals surface area contributed by atoms with Crippen molar-refractivity contribution >= 4 is 45.8 Å². The van der Waals surface area contributed by atoms with Crippen molar-refractivity contribution in [3.63, 3.8) is 0 Å². The largest absolute Gasteiger partial charge is 0.497 e. The van der Waals surface area contributed by atoms with Crippen LogP contribution in [-0.2, 0) is 14.4 Å². The Kier molecular flexibility index (Phi) is 5.48. The van der Waals surface area contributed by atoms with Gasteiger partial charge < -0.3 is 9.64 Å². The quantitative estimate of drug-likeness (QED) is 0.483. The Labute approximate surface area is 202 Å². The number of rotatable bonds is 4. The van der Waals surface area contributed by atoms with Crippen LogP contribution in [0.4, 0.5) is 5.69 Å². The number of methoxy groups -OCH3 is 1. The molecule has 7 nitrogen and oxygen atoms in total. The molecule has 3 fully saturated rings. The van der Waals surface area contributed by atoms with E-state index in [-0.39, 0.29) is 22.7 Å². The molecule has 3 saturated heterocycles. The highest BCUT2D eigenvalue weighted by Gasteiger charge is 2.63. The molecule has 2 aromatic rings. The van der Waals surface area contributed by atoms with Crippen molar-refractivity contribution < 1.29 is 19.2 Å². The third kappa shape index (κ3) is 3.37. The molecule has 2 aromatic carbocycles. The maximum atomic E-state index is 13.7. The average Bonchev–Trinajstić information content (AvgIpc) is 3.39. The molecule has 9 heteroatoms. The van der Waals surface area contributed by atoms with E-state index < -0.39 is 18.1 Å². The van der Waals surface area contributed by atoms with Crippen molar-refractivity contribution in [1.29, 1.82) is 0 Å². The molecule has 0 N–H and O–H groups in total. The molecule has 0 saturated carbocycles. The van der Waals surface area contributed by atoms with E-state index in [4.69, 9.17) is 21.8 Å². The standard InChI is InChI=1S/C24H25N3O4S2/c1-24(2)22(33-23(32)25(24)3)27-18(14-8-6-5-7-9-14)17-19(31-27)21(29)26(20(17)28)15-10-12-16(30-4)13-11-15/h5-13,17-19,22H,1-4H3. The molecule has 0 bridgehead atoms. The van der Waals surface area contributed by atoms with Crippen LogP contribution in [0.3, 0.4) is 0 Å². The number of hydroxylamine groups is 2. The minimum atomic E-state index is -0.888. The lowest BCUT2D eigenvalue weighted by molar-refractivity contribution is -0.188. The Morgan fingerprint density at radius 2 is 1.70 bits per heavy atom. The van der Waals surface area contributed by atoms with Crippen LogP contribution in [0.25, 0.3) is 0 Å². The van der Waals surface area contributed by atoms with E-state index in [0.29, 0.717) is 11.4 Å². The molecule has 3 aliphatic rings. The molecular formula is C24H25N3O4S2. The first kappa shape index (κ1) is 22.3. The second kappa shape index (κ2) is 8.09. The highest BCUT2D eigenvalue weighted by atomic mass is 32.2. The van der Waals surface area contributed by atoms with Crippen molar-refractivity contribution in [3.8, 4) is 5.75 Å². The Morgan fingerprint density at radius 1 is 1.03 bits per heavy atom. The topological polar surface area (TPSA) is 62.3 Å². The maximum absolute atomic E-state index is 13.7. The average molecular weight is 484 g/mol. The van der Waals surface area contributed by atoms with Gasteiger partial charge in [-0.15, -0.1) is 0 Å².